The lowest BCUT2D eigenvalue weighted by Gasteiger charge is -2.25. The Morgan fingerprint density at radius 1 is 1.27 bits per heavy atom. The minimum atomic E-state index is -0.0665. The van der Waals surface area contributed by atoms with E-state index in [0.717, 1.165) is 31.2 Å². The number of carbonyl (C=O) groups excluding carboxylic acids is 1. The van der Waals surface area contributed by atoms with Gasteiger partial charge in [0.1, 0.15) is 5.82 Å². The fourth-order valence-corrected chi connectivity index (χ4v) is 4.33. The second-order valence-electron chi connectivity index (χ2n) is 7.44. The van der Waals surface area contributed by atoms with Crippen LogP contribution in [0.25, 0.3) is 0 Å². The molecule has 0 bridgehead atoms. The van der Waals surface area contributed by atoms with Crippen LogP contribution in [0, 0.1) is 6.92 Å². The molecule has 0 aromatic carbocycles. The molecule has 1 atom stereocenters. The van der Waals surface area contributed by atoms with E-state index in [9.17, 15) is 4.79 Å². The van der Waals surface area contributed by atoms with Gasteiger partial charge in [-0.25, -0.2) is 4.98 Å². The number of pyridine rings is 1. The molecule has 2 aromatic heterocycles. The topological polar surface area (TPSA) is 81.7 Å². The van der Waals surface area contributed by atoms with E-state index in [-0.39, 0.29) is 5.91 Å². The summed E-state index contributed by atoms with van der Waals surface area (Å²) in [5.74, 6) is 1.26. The number of carbonyl (C=O) groups is 1. The first-order chi connectivity index (χ1) is 14.7. The summed E-state index contributed by atoms with van der Waals surface area (Å²) in [4.78, 5) is 25.1. The van der Waals surface area contributed by atoms with E-state index in [0.29, 0.717) is 31.4 Å². The van der Waals surface area contributed by atoms with E-state index in [2.05, 4.69) is 43.3 Å². The molecule has 0 radical (unpaired) electrons. The third kappa shape index (κ3) is 6.81. The Bertz CT molecular complexity index is 800. The van der Waals surface area contributed by atoms with Crippen LogP contribution in [0.3, 0.4) is 0 Å². The standard InChI is InChI=1S/C22H32N6OS/c1-3-23-22(24-11-10-21(29)27-20-9-8-17(2)15-25-20)26-16-18(19-7-6-14-30-19)28-12-4-5-13-28/h6-9,14-15,18H,3-5,10-13,16H2,1-2H3,(H2,23,24,26)(H,25,27,29). The number of anilines is 1. The van der Waals surface area contributed by atoms with Gasteiger partial charge in [0, 0.05) is 30.6 Å². The molecule has 30 heavy (non-hydrogen) atoms. The molecule has 0 spiro atoms. The van der Waals surface area contributed by atoms with Gasteiger partial charge in [-0.2, -0.15) is 0 Å². The number of rotatable bonds is 9. The van der Waals surface area contributed by atoms with Crippen LogP contribution in [-0.4, -0.2) is 54.5 Å². The van der Waals surface area contributed by atoms with Gasteiger partial charge >= 0.3 is 0 Å². The number of nitrogens with zero attached hydrogens (tertiary/aromatic N) is 3. The summed E-state index contributed by atoms with van der Waals surface area (Å²) in [6.07, 6.45) is 4.61. The molecule has 3 rings (SSSR count). The van der Waals surface area contributed by atoms with Gasteiger partial charge in [-0.3, -0.25) is 14.7 Å². The molecule has 3 N–H and O–H groups in total. The maximum atomic E-state index is 12.2. The molecule has 162 valence electrons. The Morgan fingerprint density at radius 2 is 2.10 bits per heavy atom. The van der Waals surface area contributed by atoms with Gasteiger partial charge in [-0.1, -0.05) is 12.1 Å². The van der Waals surface area contributed by atoms with E-state index in [4.69, 9.17) is 4.99 Å². The summed E-state index contributed by atoms with van der Waals surface area (Å²) < 4.78 is 0. The number of hydrogen-bond donors (Lipinski definition) is 3. The van der Waals surface area contributed by atoms with Gasteiger partial charge in [0.05, 0.1) is 12.6 Å². The zero-order valence-electron chi connectivity index (χ0n) is 17.9. The first-order valence-corrected chi connectivity index (χ1v) is 11.6. The Balaban J connectivity index is 1.51. The average Bonchev–Trinajstić information content (AvgIpc) is 3.45. The largest absolute Gasteiger partial charge is 0.357 e. The maximum absolute atomic E-state index is 12.2. The first kappa shape index (κ1) is 22.2. The van der Waals surface area contributed by atoms with Crippen molar-refractivity contribution in [3.63, 3.8) is 0 Å². The van der Waals surface area contributed by atoms with Crippen molar-refractivity contribution in [2.45, 2.75) is 39.2 Å². The van der Waals surface area contributed by atoms with Crippen molar-refractivity contribution in [1.82, 2.24) is 20.5 Å². The smallest absolute Gasteiger partial charge is 0.227 e. The van der Waals surface area contributed by atoms with Crippen molar-refractivity contribution in [2.75, 3.05) is 38.0 Å². The summed E-state index contributed by atoms with van der Waals surface area (Å²) in [5, 5.41) is 11.5. The lowest BCUT2D eigenvalue weighted by Crippen LogP contribution is -2.39. The zero-order valence-corrected chi connectivity index (χ0v) is 18.7. The fraction of sp³-hybridized carbons (Fsp3) is 0.500. The monoisotopic (exact) mass is 428 g/mol. The van der Waals surface area contributed by atoms with E-state index < -0.39 is 0 Å². The van der Waals surface area contributed by atoms with Gasteiger partial charge < -0.3 is 16.0 Å². The molecule has 7 nitrogen and oxygen atoms in total. The molecule has 1 amide bonds. The zero-order chi connectivity index (χ0) is 21.2. The van der Waals surface area contributed by atoms with Crippen LogP contribution in [0.15, 0.2) is 40.8 Å². The van der Waals surface area contributed by atoms with E-state index in [1.165, 1.54) is 17.7 Å². The van der Waals surface area contributed by atoms with E-state index in [1.54, 1.807) is 17.5 Å². The number of hydrogen-bond acceptors (Lipinski definition) is 5. The van der Waals surface area contributed by atoms with Crippen LogP contribution >= 0.6 is 11.3 Å². The van der Waals surface area contributed by atoms with Gasteiger partial charge in [0.15, 0.2) is 5.96 Å². The Morgan fingerprint density at radius 3 is 2.77 bits per heavy atom. The Labute approximate surface area is 183 Å². The highest BCUT2D eigenvalue weighted by Crippen LogP contribution is 2.28. The summed E-state index contributed by atoms with van der Waals surface area (Å²) in [5.41, 5.74) is 1.07. The summed E-state index contributed by atoms with van der Waals surface area (Å²) in [6, 6.07) is 8.38. The molecule has 8 heteroatoms. The lowest BCUT2D eigenvalue weighted by atomic mass is 10.2. The fourth-order valence-electron chi connectivity index (χ4n) is 3.48. The van der Waals surface area contributed by atoms with Crippen molar-refractivity contribution < 1.29 is 4.79 Å². The molecular formula is C22H32N6OS. The second kappa shape index (κ2) is 11.7. The van der Waals surface area contributed by atoms with E-state index >= 15 is 0 Å². The lowest BCUT2D eigenvalue weighted by molar-refractivity contribution is -0.116. The number of amides is 1. The van der Waals surface area contributed by atoms with Crippen LogP contribution in [0.1, 0.15) is 42.7 Å². The predicted molar refractivity (Wildman–Crippen MR) is 124 cm³/mol. The Hall–Kier alpha value is -2.45. The number of aryl methyl sites for hydroxylation is 1. The molecule has 1 aliphatic heterocycles. The molecule has 1 aliphatic rings. The normalized spacial score (nSPS) is 15.7. The number of nitrogens with one attached hydrogen (secondary N) is 3. The van der Waals surface area contributed by atoms with Crippen molar-refractivity contribution in [1.29, 1.82) is 0 Å². The highest BCUT2D eigenvalue weighted by atomic mass is 32.1. The number of aromatic nitrogens is 1. The molecule has 1 fully saturated rings. The van der Waals surface area contributed by atoms with Crippen LogP contribution in [0.4, 0.5) is 5.82 Å². The molecule has 3 heterocycles. The average molecular weight is 429 g/mol. The second-order valence-corrected chi connectivity index (χ2v) is 8.42. The van der Waals surface area contributed by atoms with E-state index in [1.807, 2.05) is 26.0 Å². The maximum Gasteiger partial charge on any atom is 0.227 e. The molecule has 0 saturated carbocycles. The van der Waals surface area contributed by atoms with Crippen LogP contribution < -0.4 is 16.0 Å². The minimum Gasteiger partial charge on any atom is -0.357 e. The summed E-state index contributed by atoms with van der Waals surface area (Å²) in [6.45, 7) is 8.27. The predicted octanol–water partition coefficient (Wildman–Crippen LogP) is 3.17. The minimum absolute atomic E-state index is 0.0665. The molecule has 2 aromatic rings. The SMILES string of the molecule is CCNC(=NCC(c1cccs1)N1CCCC1)NCCC(=O)Nc1ccc(C)cn1. The molecule has 1 unspecified atom stereocenters. The van der Waals surface area contributed by atoms with Crippen molar-refractivity contribution in [3.8, 4) is 0 Å². The molecular weight excluding hydrogens is 396 g/mol. The van der Waals surface area contributed by atoms with Crippen LogP contribution in [-0.2, 0) is 4.79 Å². The third-order valence-electron chi connectivity index (χ3n) is 5.04. The highest BCUT2D eigenvalue weighted by molar-refractivity contribution is 7.10. The Kier molecular flexibility index (Phi) is 8.65. The molecule has 0 aliphatic carbocycles. The summed E-state index contributed by atoms with van der Waals surface area (Å²) in [7, 11) is 0. The third-order valence-corrected chi connectivity index (χ3v) is 6.02. The summed E-state index contributed by atoms with van der Waals surface area (Å²) >= 11 is 1.80. The van der Waals surface area contributed by atoms with Gasteiger partial charge in [-0.05, 0) is 62.9 Å². The number of thiophene rings is 1. The molecule has 1 saturated heterocycles. The van der Waals surface area contributed by atoms with Crippen molar-refractivity contribution >= 4 is 29.0 Å². The van der Waals surface area contributed by atoms with Crippen LogP contribution in [0.2, 0.25) is 0 Å². The highest BCUT2D eigenvalue weighted by Gasteiger charge is 2.24. The van der Waals surface area contributed by atoms with Crippen LogP contribution in [0.5, 0.6) is 0 Å². The number of guanidine groups is 1. The van der Waals surface area contributed by atoms with Gasteiger partial charge in [0.25, 0.3) is 0 Å². The number of aliphatic imine (C=N–C) groups is 1. The quantitative estimate of drug-likeness (QED) is 0.422. The van der Waals surface area contributed by atoms with Gasteiger partial charge in [-0.15, -0.1) is 11.3 Å². The van der Waals surface area contributed by atoms with Crippen molar-refractivity contribution in [3.05, 3.63) is 46.3 Å². The van der Waals surface area contributed by atoms with Gasteiger partial charge in [0.2, 0.25) is 5.91 Å². The first-order valence-electron chi connectivity index (χ1n) is 10.7. The number of likely N-dealkylation sites (tertiary alicyclic amines) is 1. The van der Waals surface area contributed by atoms with Crippen molar-refractivity contribution in [2.24, 2.45) is 4.99 Å².